The van der Waals surface area contributed by atoms with E-state index in [-0.39, 0.29) is 10.8 Å². The molecule has 0 spiro atoms. The van der Waals surface area contributed by atoms with Gasteiger partial charge in [0.25, 0.3) is 0 Å². The van der Waals surface area contributed by atoms with Crippen LogP contribution in [0.4, 0.5) is 10.2 Å². The Balaban J connectivity index is 2.33. The van der Waals surface area contributed by atoms with Crippen molar-refractivity contribution >= 4 is 60.2 Å². The van der Waals surface area contributed by atoms with Crippen LogP contribution in [0.3, 0.4) is 0 Å². The number of anilines is 1. The van der Waals surface area contributed by atoms with Crippen LogP contribution in [0, 0.1) is 5.82 Å². The summed E-state index contributed by atoms with van der Waals surface area (Å²) in [6.45, 7) is 0. The van der Waals surface area contributed by atoms with Crippen molar-refractivity contribution in [1.29, 1.82) is 0 Å². The number of nitrogens with zero attached hydrogens (tertiary/aromatic N) is 2. The average Bonchev–Trinajstić information content (AvgIpc) is 2.43. The maximum absolute atomic E-state index is 13.6. The molecule has 0 saturated heterocycles. The summed E-state index contributed by atoms with van der Waals surface area (Å²) in [4.78, 5) is 8.67. The highest BCUT2D eigenvalue weighted by Gasteiger charge is 2.14. The highest BCUT2D eigenvalue weighted by molar-refractivity contribution is 9.11. The molecular formula is C14H7Br2ClFN3. The van der Waals surface area contributed by atoms with E-state index in [4.69, 9.17) is 17.3 Å². The predicted octanol–water partition coefficient (Wildman–Crippen LogP) is 5.20. The molecule has 0 bridgehead atoms. The van der Waals surface area contributed by atoms with Crippen LogP contribution >= 0.6 is 43.5 Å². The molecule has 0 saturated carbocycles. The minimum atomic E-state index is -0.522. The second-order valence-electron chi connectivity index (χ2n) is 4.32. The minimum Gasteiger partial charge on any atom is -0.383 e. The van der Waals surface area contributed by atoms with Gasteiger partial charge in [-0.25, -0.2) is 14.4 Å². The number of aromatic nitrogens is 2. The summed E-state index contributed by atoms with van der Waals surface area (Å²) in [5.74, 6) is 0.0659. The first-order chi connectivity index (χ1) is 9.97. The minimum absolute atomic E-state index is 0.0236. The normalized spacial score (nSPS) is 11.0. The topological polar surface area (TPSA) is 51.8 Å². The summed E-state index contributed by atoms with van der Waals surface area (Å²) in [5.41, 5.74) is 7.03. The fourth-order valence-corrected chi connectivity index (χ4v) is 3.50. The van der Waals surface area contributed by atoms with Gasteiger partial charge in [0.15, 0.2) is 5.82 Å². The first-order valence-corrected chi connectivity index (χ1v) is 7.80. The van der Waals surface area contributed by atoms with Crippen molar-refractivity contribution in [2.75, 3.05) is 5.73 Å². The fraction of sp³-hybridized carbons (Fsp3) is 0. The van der Waals surface area contributed by atoms with Crippen LogP contribution in [0.2, 0.25) is 5.02 Å². The molecule has 0 aliphatic carbocycles. The number of fused-ring (bicyclic) bond motifs is 1. The molecule has 2 aromatic carbocycles. The van der Waals surface area contributed by atoms with Gasteiger partial charge >= 0.3 is 0 Å². The number of nitrogen functional groups attached to an aromatic ring is 1. The number of benzene rings is 2. The van der Waals surface area contributed by atoms with E-state index in [1.54, 1.807) is 12.1 Å². The van der Waals surface area contributed by atoms with Crippen LogP contribution < -0.4 is 5.73 Å². The van der Waals surface area contributed by atoms with E-state index in [0.717, 1.165) is 8.95 Å². The van der Waals surface area contributed by atoms with Gasteiger partial charge < -0.3 is 5.73 Å². The Bertz CT molecular complexity index is 870. The van der Waals surface area contributed by atoms with Crippen LogP contribution in [0.5, 0.6) is 0 Å². The molecule has 0 unspecified atom stereocenters. The molecule has 0 atom stereocenters. The van der Waals surface area contributed by atoms with E-state index in [1.807, 2.05) is 12.1 Å². The number of hydrogen-bond donors (Lipinski definition) is 1. The Hall–Kier alpha value is -1.24. The third-order valence-electron chi connectivity index (χ3n) is 2.94. The number of hydrogen-bond acceptors (Lipinski definition) is 3. The highest BCUT2D eigenvalue weighted by atomic mass is 79.9. The third-order valence-corrected chi connectivity index (χ3v) is 4.39. The average molecular weight is 431 g/mol. The summed E-state index contributed by atoms with van der Waals surface area (Å²) in [6, 6.07) is 8.16. The Kier molecular flexibility index (Phi) is 3.86. The van der Waals surface area contributed by atoms with E-state index < -0.39 is 5.82 Å². The third kappa shape index (κ3) is 2.63. The summed E-state index contributed by atoms with van der Waals surface area (Å²) < 4.78 is 15.2. The molecule has 0 amide bonds. The van der Waals surface area contributed by atoms with Crippen molar-refractivity contribution < 1.29 is 4.39 Å². The van der Waals surface area contributed by atoms with E-state index in [2.05, 4.69) is 41.8 Å². The number of halogens is 4. The molecule has 1 heterocycles. The molecule has 2 N–H and O–H groups in total. The first kappa shape index (κ1) is 14.7. The van der Waals surface area contributed by atoms with Crippen LogP contribution in [-0.2, 0) is 0 Å². The standard InChI is InChI=1S/C14H7Br2ClFN3/c15-6-4-8-12(9(16)5-6)20-14(21-13(8)19)7-2-1-3-10(18)11(7)17/h1-5H,(H2,19,20,21). The second-order valence-corrected chi connectivity index (χ2v) is 6.47. The smallest absolute Gasteiger partial charge is 0.163 e. The molecular weight excluding hydrogens is 424 g/mol. The fourth-order valence-electron chi connectivity index (χ4n) is 1.98. The van der Waals surface area contributed by atoms with Gasteiger partial charge in [0.2, 0.25) is 0 Å². The molecule has 0 radical (unpaired) electrons. The SMILES string of the molecule is Nc1nc(-c2cccc(F)c2Cl)nc2c(Br)cc(Br)cc12. The van der Waals surface area contributed by atoms with Crippen molar-refractivity contribution in [2.45, 2.75) is 0 Å². The quantitative estimate of drug-likeness (QED) is 0.576. The Morgan fingerprint density at radius 1 is 1.14 bits per heavy atom. The molecule has 1 aromatic heterocycles. The molecule has 0 fully saturated rings. The monoisotopic (exact) mass is 429 g/mol. The molecule has 3 nitrogen and oxygen atoms in total. The Morgan fingerprint density at radius 2 is 1.90 bits per heavy atom. The highest BCUT2D eigenvalue weighted by Crippen LogP contribution is 2.34. The van der Waals surface area contributed by atoms with Gasteiger partial charge in [0.05, 0.1) is 10.5 Å². The maximum Gasteiger partial charge on any atom is 0.163 e. The lowest BCUT2D eigenvalue weighted by Crippen LogP contribution is -1.99. The molecule has 21 heavy (non-hydrogen) atoms. The van der Waals surface area contributed by atoms with E-state index in [9.17, 15) is 4.39 Å². The second kappa shape index (κ2) is 5.51. The lowest BCUT2D eigenvalue weighted by Gasteiger charge is -2.09. The van der Waals surface area contributed by atoms with Gasteiger partial charge in [-0.05, 0) is 40.2 Å². The molecule has 7 heteroatoms. The van der Waals surface area contributed by atoms with Gasteiger partial charge in [-0.1, -0.05) is 33.6 Å². The van der Waals surface area contributed by atoms with E-state index >= 15 is 0 Å². The number of rotatable bonds is 1. The lowest BCUT2D eigenvalue weighted by molar-refractivity contribution is 0.628. The van der Waals surface area contributed by atoms with E-state index in [1.165, 1.54) is 6.07 Å². The van der Waals surface area contributed by atoms with Crippen LogP contribution in [-0.4, -0.2) is 9.97 Å². The number of nitrogens with two attached hydrogens (primary N) is 1. The molecule has 106 valence electrons. The summed E-state index contributed by atoms with van der Waals surface area (Å²) in [6.07, 6.45) is 0. The van der Waals surface area contributed by atoms with E-state index in [0.29, 0.717) is 22.3 Å². The zero-order valence-electron chi connectivity index (χ0n) is 10.4. The van der Waals surface area contributed by atoms with Crippen molar-refractivity contribution in [2.24, 2.45) is 0 Å². The summed E-state index contributed by atoms with van der Waals surface area (Å²) in [7, 11) is 0. The van der Waals surface area contributed by atoms with Crippen molar-refractivity contribution in [3.05, 3.63) is 50.1 Å². The Labute approximate surface area is 141 Å². The van der Waals surface area contributed by atoms with Gasteiger partial charge in [0.1, 0.15) is 11.6 Å². The zero-order valence-corrected chi connectivity index (χ0v) is 14.3. The van der Waals surface area contributed by atoms with Gasteiger partial charge in [-0.2, -0.15) is 0 Å². The predicted molar refractivity (Wildman–Crippen MR) is 89.8 cm³/mol. The first-order valence-electron chi connectivity index (χ1n) is 5.84. The largest absolute Gasteiger partial charge is 0.383 e. The van der Waals surface area contributed by atoms with Crippen LogP contribution in [0.15, 0.2) is 39.3 Å². The maximum atomic E-state index is 13.6. The lowest BCUT2D eigenvalue weighted by atomic mass is 10.1. The van der Waals surface area contributed by atoms with Crippen LogP contribution in [0.1, 0.15) is 0 Å². The molecule has 0 aliphatic heterocycles. The summed E-state index contributed by atoms with van der Waals surface area (Å²) in [5, 5.41) is 0.678. The molecule has 3 aromatic rings. The molecule has 3 rings (SSSR count). The Morgan fingerprint density at radius 3 is 2.67 bits per heavy atom. The van der Waals surface area contributed by atoms with Gasteiger partial charge in [-0.15, -0.1) is 0 Å². The van der Waals surface area contributed by atoms with Gasteiger partial charge in [0, 0.05) is 19.9 Å². The zero-order chi connectivity index (χ0) is 15.1. The van der Waals surface area contributed by atoms with Gasteiger partial charge in [-0.3, -0.25) is 0 Å². The van der Waals surface area contributed by atoms with Crippen LogP contribution in [0.25, 0.3) is 22.3 Å². The molecule has 0 aliphatic rings. The van der Waals surface area contributed by atoms with Crippen molar-refractivity contribution in [3.63, 3.8) is 0 Å². The van der Waals surface area contributed by atoms with Crippen molar-refractivity contribution in [3.8, 4) is 11.4 Å². The summed E-state index contributed by atoms with van der Waals surface area (Å²) >= 11 is 12.8. The van der Waals surface area contributed by atoms with Crippen molar-refractivity contribution in [1.82, 2.24) is 9.97 Å².